The number of carbonyl (C=O) groups excluding carboxylic acids is 1. The number of hydrogen-bond acceptors (Lipinski definition) is 3. The van der Waals surface area contributed by atoms with Gasteiger partial charge >= 0.3 is 0 Å². The number of carbonyl (C=O) groups is 1. The van der Waals surface area contributed by atoms with Gasteiger partial charge in [-0.2, -0.15) is 10.2 Å². The Hall–Kier alpha value is -1.82. The van der Waals surface area contributed by atoms with E-state index >= 15 is 0 Å². The van der Waals surface area contributed by atoms with E-state index in [1.807, 2.05) is 30.8 Å². The number of nitrogens with one attached hydrogen (secondary N) is 1. The molecule has 2 rings (SSSR count). The van der Waals surface area contributed by atoms with Crippen molar-refractivity contribution in [2.75, 3.05) is 0 Å². The highest BCUT2D eigenvalue weighted by Crippen LogP contribution is 2.20. The lowest BCUT2D eigenvalue weighted by Crippen LogP contribution is -2.29. The van der Waals surface area contributed by atoms with E-state index in [0.717, 1.165) is 12.2 Å². The lowest BCUT2D eigenvalue weighted by Gasteiger charge is -2.12. The van der Waals surface area contributed by atoms with Crippen LogP contribution in [0.1, 0.15) is 41.8 Å². The Morgan fingerprint density at radius 3 is 2.70 bits per heavy atom. The highest BCUT2D eigenvalue weighted by molar-refractivity contribution is 6.34. The number of rotatable bonds is 4. The van der Waals surface area contributed by atoms with Crippen molar-refractivity contribution >= 4 is 17.5 Å². The first-order valence-corrected chi connectivity index (χ1v) is 6.85. The van der Waals surface area contributed by atoms with Crippen LogP contribution in [0.3, 0.4) is 0 Å². The normalized spacial score (nSPS) is 12.4. The van der Waals surface area contributed by atoms with Crippen molar-refractivity contribution in [1.29, 1.82) is 0 Å². The summed E-state index contributed by atoms with van der Waals surface area (Å²) in [6.07, 6.45) is 1.89. The lowest BCUT2D eigenvalue weighted by molar-refractivity contribution is 0.0929. The van der Waals surface area contributed by atoms with Crippen LogP contribution in [0, 0.1) is 6.92 Å². The average Bonchev–Trinajstić information content (AvgIpc) is 2.95. The molecule has 1 unspecified atom stereocenters. The highest BCUT2D eigenvalue weighted by atomic mass is 35.5. The Morgan fingerprint density at radius 2 is 2.20 bits per heavy atom. The van der Waals surface area contributed by atoms with Gasteiger partial charge in [0.2, 0.25) is 0 Å². The van der Waals surface area contributed by atoms with Crippen molar-refractivity contribution in [3.8, 4) is 0 Å². The zero-order valence-electron chi connectivity index (χ0n) is 12.0. The summed E-state index contributed by atoms with van der Waals surface area (Å²) < 4.78 is 3.31. The van der Waals surface area contributed by atoms with E-state index in [1.165, 1.54) is 4.68 Å². The van der Waals surface area contributed by atoms with Gasteiger partial charge in [0.15, 0.2) is 0 Å². The predicted molar refractivity (Wildman–Crippen MR) is 76.7 cm³/mol. The van der Waals surface area contributed by atoms with Gasteiger partial charge in [-0.1, -0.05) is 11.6 Å². The van der Waals surface area contributed by atoms with Crippen LogP contribution in [0.15, 0.2) is 12.3 Å². The molecule has 7 heteroatoms. The molecule has 6 nitrogen and oxygen atoms in total. The van der Waals surface area contributed by atoms with Crippen molar-refractivity contribution in [2.24, 2.45) is 7.05 Å². The smallest absolute Gasteiger partial charge is 0.271 e. The van der Waals surface area contributed by atoms with E-state index in [9.17, 15) is 4.79 Å². The summed E-state index contributed by atoms with van der Waals surface area (Å²) in [7, 11) is 1.70. The molecule has 0 saturated carbocycles. The monoisotopic (exact) mass is 295 g/mol. The van der Waals surface area contributed by atoms with Gasteiger partial charge in [-0.15, -0.1) is 0 Å². The second kappa shape index (κ2) is 5.66. The van der Waals surface area contributed by atoms with Crippen LogP contribution in [0.25, 0.3) is 0 Å². The zero-order valence-corrected chi connectivity index (χ0v) is 12.8. The highest BCUT2D eigenvalue weighted by Gasteiger charge is 2.21. The number of halogens is 1. The molecule has 20 heavy (non-hydrogen) atoms. The molecule has 1 atom stereocenters. The Bertz CT molecular complexity index is 631. The van der Waals surface area contributed by atoms with Crippen LogP contribution in [0.4, 0.5) is 0 Å². The van der Waals surface area contributed by atoms with Crippen molar-refractivity contribution in [3.63, 3.8) is 0 Å². The first-order valence-electron chi connectivity index (χ1n) is 6.47. The van der Waals surface area contributed by atoms with E-state index in [0.29, 0.717) is 16.4 Å². The molecule has 2 aromatic rings. The second-order valence-electron chi connectivity index (χ2n) is 4.66. The van der Waals surface area contributed by atoms with Crippen molar-refractivity contribution in [1.82, 2.24) is 24.9 Å². The average molecular weight is 296 g/mol. The third-order valence-corrected chi connectivity index (χ3v) is 3.59. The number of aromatic nitrogens is 4. The largest absolute Gasteiger partial charge is 0.342 e. The number of amides is 1. The van der Waals surface area contributed by atoms with Gasteiger partial charge < -0.3 is 5.32 Å². The number of nitrogens with zero attached hydrogens (tertiary/aromatic N) is 4. The fourth-order valence-electron chi connectivity index (χ4n) is 2.00. The molecule has 0 aliphatic carbocycles. The number of hydrogen-bond donors (Lipinski definition) is 1. The molecule has 0 spiro atoms. The van der Waals surface area contributed by atoms with Crippen molar-refractivity contribution in [2.45, 2.75) is 33.4 Å². The second-order valence-corrected chi connectivity index (χ2v) is 5.04. The fraction of sp³-hybridized carbons (Fsp3) is 0.462. The summed E-state index contributed by atoms with van der Waals surface area (Å²) >= 11 is 6.10. The van der Waals surface area contributed by atoms with E-state index < -0.39 is 0 Å². The molecule has 0 aromatic carbocycles. The van der Waals surface area contributed by atoms with Gasteiger partial charge in [0.1, 0.15) is 5.69 Å². The van der Waals surface area contributed by atoms with Crippen LogP contribution in [-0.4, -0.2) is 25.5 Å². The third-order valence-electron chi connectivity index (χ3n) is 3.14. The summed E-state index contributed by atoms with van der Waals surface area (Å²) in [6, 6.07) is 1.70. The third kappa shape index (κ3) is 2.70. The Labute approximate surface area is 122 Å². The molecule has 108 valence electrons. The molecular formula is C13H18ClN5O. The van der Waals surface area contributed by atoms with Crippen LogP contribution in [-0.2, 0) is 13.6 Å². The van der Waals surface area contributed by atoms with E-state index in [2.05, 4.69) is 15.5 Å². The maximum Gasteiger partial charge on any atom is 0.271 e. The SMILES string of the molecule is CCn1ccc(C(C)NC(=O)c2c(Cl)c(C)nn2C)n1. The summed E-state index contributed by atoms with van der Waals surface area (Å²) in [4.78, 5) is 12.3. The molecule has 1 N–H and O–H groups in total. The molecule has 0 aliphatic rings. The maximum absolute atomic E-state index is 12.3. The van der Waals surface area contributed by atoms with Crippen molar-refractivity contribution < 1.29 is 4.79 Å². The zero-order chi connectivity index (χ0) is 14.9. The van der Waals surface area contributed by atoms with Gasteiger partial charge in [-0.05, 0) is 26.8 Å². The molecule has 1 amide bonds. The molecule has 0 bridgehead atoms. The summed E-state index contributed by atoms with van der Waals surface area (Å²) in [5.41, 5.74) is 1.82. The maximum atomic E-state index is 12.3. The van der Waals surface area contributed by atoms with E-state index in [4.69, 9.17) is 11.6 Å². The molecule has 2 aromatic heterocycles. The Kier molecular flexibility index (Phi) is 4.13. The Balaban J connectivity index is 2.15. The van der Waals surface area contributed by atoms with E-state index in [1.54, 1.807) is 14.0 Å². The van der Waals surface area contributed by atoms with Crippen LogP contribution in [0.5, 0.6) is 0 Å². The summed E-state index contributed by atoms with van der Waals surface area (Å²) in [6.45, 7) is 6.47. The minimum absolute atomic E-state index is 0.193. The van der Waals surface area contributed by atoms with Gasteiger partial charge in [0.25, 0.3) is 5.91 Å². The quantitative estimate of drug-likeness (QED) is 0.939. The predicted octanol–water partition coefficient (Wildman–Crippen LogP) is 2.09. The van der Waals surface area contributed by atoms with Crippen LogP contribution in [0.2, 0.25) is 5.02 Å². The van der Waals surface area contributed by atoms with Gasteiger partial charge in [-0.3, -0.25) is 14.2 Å². The van der Waals surface area contributed by atoms with Crippen LogP contribution >= 0.6 is 11.6 Å². The first-order chi connectivity index (χ1) is 9.43. The van der Waals surface area contributed by atoms with Gasteiger partial charge in [-0.25, -0.2) is 0 Å². The molecule has 2 heterocycles. The molecule has 0 fully saturated rings. The number of aryl methyl sites for hydroxylation is 3. The standard InChI is InChI=1S/C13H18ClN5O/c1-5-19-7-6-10(17-19)8(2)15-13(20)12-11(14)9(3)16-18(12)4/h6-8H,5H2,1-4H3,(H,15,20). The Morgan fingerprint density at radius 1 is 1.50 bits per heavy atom. The van der Waals surface area contributed by atoms with Gasteiger partial charge in [0.05, 0.1) is 22.5 Å². The molecular weight excluding hydrogens is 278 g/mol. The fourth-order valence-corrected chi connectivity index (χ4v) is 2.25. The lowest BCUT2D eigenvalue weighted by atomic mass is 10.2. The molecule has 0 saturated heterocycles. The molecule has 0 radical (unpaired) electrons. The minimum Gasteiger partial charge on any atom is -0.342 e. The minimum atomic E-state index is -0.253. The first kappa shape index (κ1) is 14.6. The van der Waals surface area contributed by atoms with Crippen molar-refractivity contribution in [3.05, 3.63) is 34.4 Å². The van der Waals surface area contributed by atoms with Gasteiger partial charge in [0, 0.05) is 19.8 Å². The summed E-state index contributed by atoms with van der Waals surface area (Å²) in [5, 5.41) is 11.8. The van der Waals surface area contributed by atoms with Crippen LogP contribution < -0.4 is 5.32 Å². The molecule has 0 aliphatic heterocycles. The topological polar surface area (TPSA) is 64.7 Å². The van der Waals surface area contributed by atoms with E-state index in [-0.39, 0.29) is 11.9 Å². The summed E-state index contributed by atoms with van der Waals surface area (Å²) in [5.74, 6) is -0.253.